The second-order valence-electron chi connectivity index (χ2n) is 3.50. The van der Waals surface area contributed by atoms with Gasteiger partial charge in [-0.3, -0.25) is 0 Å². The number of fused-ring (bicyclic) bond motifs is 1. The molecule has 0 saturated heterocycles. The summed E-state index contributed by atoms with van der Waals surface area (Å²) in [6, 6.07) is 10.5. The van der Waals surface area contributed by atoms with Crippen molar-refractivity contribution in [2.45, 2.75) is 6.92 Å². The fourth-order valence-corrected chi connectivity index (χ4v) is 2.03. The molecule has 2 aromatic rings. The predicted molar refractivity (Wildman–Crippen MR) is 62.7 cm³/mol. The quantitative estimate of drug-likeness (QED) is 0.477. The molecule has 13 heavy (non-hydrogen) atoms. The molecule has 0 spiro atoms. The average Bonchev–Trinajstić information content (AvgIpc) is 2.09. The van der Waals surface area contributed by atoms with Crippen LogP contribution in [-0.2, 0) is 0 Å². The lowest BCUT2D eigenvalue weighted by molar-refractivity contribution is 1.55. The van der Waals surface area contributed by atoms with Gasteiger partial charge in [-0.25, -0.2) is 0 Å². The number of benzene rings is 2. The highest BCUT2D eigenvalue weighted by Crippen LogP contribution is 2.20. The monoisotopic (exact) mass is 187 g/mol. The van der Waals surface area contributed by atoms with Crippen molar-refractivity contribution in [1.82, 2.24) is 0 Å². The number of rotatable bonds is 0. The summed E-state index contributed by atoms with van der Waals surface area (Å²) in [5.41, 5.74) is 8.12. The molecule has 0 aliphatic rings. The minimum absolute atomic E-state index is 0.877. The molecular weight excluding hydrogens is 174 g/mol. The molecule has 2 aromatic carbocycles. The van der Waals surface area contributed by atoms with E-state index in [0.29, 0.717) is 0 Å². The van der Waals surface area contributed by atoms with Crippen LogP contribution in [0.5, 0.6) is 0 Å². The van der Waals surface area contributed by atoms with Gasteiger partial charge in [0.2, 0.25) is 0 Å². The summed E-state index contributed by atoms with van der Waals surface area (Å²) >= 11 is 0. The molecule has 0 heterocycles. The van der Waals surface area contributed by atoms with Crippen molar-refractivity contribution < 1.29 is 0 Å². The van der Waals surface area contributed by atoms with Crippen molar-refractivity contribution >= 4 is 31.9 Å². The average molecular weight is 187 g/mol. The van der Waals surface area contributed by atoms with Gasteiger partial charge >= 0.3 is 0 Å². The highest BCUT2D eigenvalue weighted by Gasteiger charge is 1.99. The van der Waals surface area contributed by atoms with Crippen LogP contribution >= 0.6 is 0 Å². The van der Waals surface area contributed by atoms with Crippen molar-refractivity contribution in [2.24, 2.45) is 0 Å². The molecule has 0 saturated carbocycles. The third kappa shape index (κ3) is 1.33. The number of hydrogen-bond donors (Lipinski definition) is 1. The molecule has 2 rings (SSSR count). The van der Waals surface area contributed by atoms with Gasteiger partial charge in [0.05, 0.1) is 0 Å². The second kappa shape index (κ2) is 2.89. The first-order valence-corrected chi connectivity index (χ1v) is 5.44. The molecule has 0 radical (unpaired) electrons. The predicted octanol–water partition coefficient (Wildman–Crippen LogP) is 0.721. The Bertz CT molecular complexity index is 463. The second-order valence-corrected chi connectivity index (χ2v) is 4.58. The van der Waals surface area contributed by atoms with Crippen LogP contribution in [0.4, 0.5) is 5.69 Å². The first-order chi connectivity index (χ1) is 6.18. The Balaban J connectivity index is 2.89. The van der Waals surface area contributed by atoms with Gasteiger partial charge in [0.1, 0.15) is 0 Å². The fraction of sp³-hybridized carbons (Fsp3) is 0.0909. The molecule has 0 atom stereocenters. The van der Waals surface area contributed by atoms with Gasteiger partial charge in [-0.05, 0) is 24.4 Å². The van der Waals surface area contributed by atoms with Crippen molar-refractivity contribution in [3.8, 4) is 0 Å². The fourth-order valence-electron chi connectivity index (χ4n) is 1.57. The Labute approximate surface area is 81.0 Å². The maximum atomic E-state index is 5.89. The third-order valence-corrected chi connectivity index (χ3v) is 3.61. The molecule has 0 aliphatic carbocycles. The van der Waals surface area contributed by atoms with Crippen LogP contribution in [0.15, 0.2) is 30.3 Å². The van der Waals surface area contributed by atoms with Crippen molar-refractivity contribution in [1.29, 1.82) is 0 Å². The topological polar surface area (TPSA) is 26.0 Å². The summed E-state index contributed by atoms with van der Waals surface area (Å²) in [6.45, 7) is 2.15. The molecule has 0 unspecified atom stereocenters. The smallest absolute Gasteiger partial charge is 0.0393 e. The Morgan fingerprint density at radius 1 is 1.23 bits per heavy atom. The Hall–Kier alpha value is -1.28. The zero-order chi connectivity index (χ0) is 9.42. The van der Waals surface area contributed by atoms with Gasteiger partial charge in [-0.1, -0.05) is 28.9 Å². The lowest BCUT2D eigenvalue weighted by Crippen LogP contribution is -2.06. The van der Waals surface area contributed by atoms with E-state index >= 15 is 0 Å². The van der Waals surface area contributed by atoms with Crippen LogP contribution in [0, 0.1) is 6.92 Å². The number of nitrogens with two attached hydrogens (primary N) is 1. The molecule has 0 aromatic heterocycles. The SMILES string of the molecule is Cc1cc2c(N)cccc2cc1[SiH3]. The Kier molecular flexibility index (Phi) is 1.85. The van der Waals surface area contributed by atoms with Crippen LogP contribution in [0.25, 0.3) is 10.8 Å². The number of anilines is 1. The van der Waals surface area contributed by atoms with Crippen LogP contribution in [-0.4, -0.2) is 10.2 Å². The standard InChI is InChI=1S/C11H13NSi/c1-7-5-9-8(6-11(7)13)3-2-4-10(9)12/h2-6H,12H2,1,13H3. The molecule has 2 N–H and O–H groups in total. The van der Waals surface area contributed by atoms with E-state index in [-0.39, 0.29) is 0 Å². The maximum Gasteiger partial charge on any atom is 0.0393 e. The van der Waals surface area contributed by atoms with E-state index in [1.54, 1.807) is 0 Å². The first-order valence-electron chi connectivity index (χ1n) is 4.44. The van der Waals surface area contributed by atoms with E-state index in [1.165, 1.54) is 21.5 Å². The first kappa shape index (κ1) is 8.32. The summed E-state index contributed by atoms with van der Waals surface area (Å²) in [6.07, 6.45) is 0. The lowest BCUT2D eigenvalue weighted by atomic mass is 10.1. The van der Waals surface area contributed by atoms with Crippen LogP contribution in [0.1, 0.15) is 5.56 Å². The maximum absolute atomic E-state index is 5.89. The molecule has 66 valence electrons. The molecular formula is C11H13NSi. The summed E-state index contributed by atoms with van der Waals surface area (Å²) in [5.74, 6) is 0. The van der Waals surface area contributed by atoms with Gasteiger partial charge in [0.15, 0.2) is 0 Å². The minimum atomic E-state index is 0.877. The minimum Gasteiger partial charge on any atom is -0.398 e. The van der Waals surface area contributed by atoms with E-state index in [0.717, 1.165) is 15.9 Å². The van der Waals surface area contributed by atoms with Gasteiger partial charge < -0.3 is 5.73 Å². The molecule has 0 fully saturated rings. The summed E-state index contributed by atoms with van der Waals surface area (Å²) < 4.78 is 0. The molecule has 2 heteroatoms. The van der Waals surface area contributed by atoms with Gasteiger partial charge in [0, 0.05) is 21.3 Å². The van der Waals surface area contributed by atoms with E-state index in [9.17, 15) is 0 Å². The largest absolute Gasteiger partial charge is 0.398 e. The number of nitrogen functional groups attached to an aromatic ring is 1. The van der Waals surface area contributed by atoms with Crippen LogP contribution in [0.3, 0.4) is 0 Å². The zero-order valence-corrected chi connectivity index (χ0v) is 9.96. The van der Waals surface area contributed by atoms with E-state index in [4.69, 9.17) is 5.73 Å². The van der Waals surface area contributed by atoms with Gasteiger partial charge in [-0.15, -0.1) is 0 Å². The summed E-state index contributed by atoms with van der Waals surface area (Å²) in [5, 5.41) is 3.90. The number of aryl methyl sites for hydroxylation is 1. The van der Waals surface area contributed by atoms with Crippen molar-refractivity contribution in [3.05, 3.63) is 35.9 Å². The Morgan fingerprint density at radius 3 is 2.77 bits per heavy atom. The van der Waals surface area contributed by atoms with Crippen LogP contribution < -0.4 is 10.9 Å². The lowest BCUT2D eigenvalue weighted by Gasteiger charge is -2.05. The zero-order valence-electron chi connectivity index (χ0n) is 7.96. The van der Waals surface area contributed by atoms with Gasteiger partial charge in [0.25, 0.3) is 0 Å². The van der Waals surface area contributed by atoms with Gasteiger partial charge in [-0.2, -0.15) is 0 Å². The third-order valence-electron chi connectivity index (χ3n) is 2.53. The highest BCUT2D eigenvalue weighted by atomic mass is 28.1. The normalized spacial score (nSPS) is 10.8. The van der Waals surface area contributed by atoms with Crippen molar-refractivity contribution in [2.75, 3.05) is 5.73 Å². The summed E-state index contributed by atoms with van der Waals surface area (Å²) in [4.78, 5) is 0. The van der Waals surface area contributed by atoms with E-state index in [2.05, 4.69) is 25.1 Å². The number of hydrogen-bond acceptors (Lipinski definition) is 1. The van der Waals surface area contributed by atoms with Crippen molar-refractivity contribution in [3.63, 3.8) is 0 Å². The molecule has 0 bridgehead atoms. The van der Waals surface area contributed by atoms with Crippen LogP contribution in [0.2, 0.25) is 0 Å². The Morgan fingerprint density at radius 2 is 2.00 bits per heavy atom. The molecule has 0 amide bonds. The van der Waals surface area contributed by atoms with E-state index in [1.807, 2.05) is 12.1 Å². The molecule has 1 nitrogen and oxygen atoms in total. The highest BCUT2D eigenvalue weighted by molar-refractivity contribution is 6.34. The summed E-state index contributed by atoms with van der Waals surface area (Å²) in [7, 11) is 1.10. The van der Waals surface area contributed by atoms with E-state index < -0.39 is 0 Å². The molecule has 0 aliphatic heterocycles.